The summed E-state index contributed by atoms with van der Waals surface area (Å²) in [5.74, 6) is 0.0399. The van der Waals surface area contributed by atoms with Gasteiger partial charge in [0.2, 0.25) is 5.91 Å². The second-order valence-electron chi connectivity index (χ2n) is 4.46. The Bertz CT molecular complexity index is 435. The van der Waals surface area contributed by atoms with Gasteiger partial charge >= 0.3 is 0 Å². The molecule has 0 radical (unpaired) electrons. The molecule has 1 unspecified atom stereocenters. The SMILES string of the molecule is CCC(CC)NC(=O)C(C)Sc1cc(Cl)ccc1N. The molecule has 19 heavy (non-hydrogen) atoms. The smallest absolute Gasteiger partial charge is 0.233 e. The molecule has 1 aromatic carbocycles. The van der Waals surface area contributed by atoms with Crippen molar-refractivity contribution in [1.82, 2.24) is 5.32 Å². The highest BCUT2D eigenvalue weighted by molar-refractivity contribution is 8.00. The van der Waals surface area contributed by atoms with Crippen LogP contribution in [-0.2, 0) is 4.79 Å². The first-order valence-corrected chi connectivity index (χ1v) is 7.75. The topological polar surface area (TPSA) is 55.1 Å². The lowest BCUT2D eigenvalue weighted by Gasteiger charge is -2.18. The Hall–Kier alpha value is -0.870. The van der Waals surface area contributed by atoms with Crippen molar-refractivity contribution in [2.45, 2.75) is 49.8 Å². The summed E-state index contributed by atoms with van der Waals surface area (Å²) in [6.45, 7) is 6.02. The Labute approximate surface area is 124 Å². The molecule has 106 valence electrons. The molecular weight excluding hydrogens is 280 g/mol. The zero-order chi connectivity index (χ0) is 14.4. The third-order valence-electron chi connectivity index (χ3n) is 2.98. The largest absolute Gasteiger partial charge is 0.398 e. The standard InChI is InChI=1S/C14H21ClN2OS/c1-4-11(5-2)17-14(18)9(3)19-13-8-10(15)6-7-12(13)16/h6-9,11H,4-5,16H2,1-3H3,(H,17,18). The molecule has 1 atom stereocenters. The molecule has 0 aliphatic carbocycles. The normalized spacial score (nSPS) is 12.5. The highest BCUT2D eigenvalue weighted by Gasteiger charge is 2.18. The van der Waals surface area contributed by atoms with Crippen LogP contribution >= 0.6 is 23.4 Å². The maximum Gasteiger partial charge on any atom is 0.233 e. The van der Waals surface area contributed by atoms with Gasteiger partial charge in [0.1, 0.15) is 0 Å². The van der Waals surface area contributed by atoms with E-state index in [0.717, 1.165) is 17.7 Å². The maximum atomic E-state index is 12.1. The predicted octanol–water partition coefficient (Wildman–Crippen LogP) is 3.71. The van der Waals surface area contributed by atoms with E-state index in [4.69, 9.17) is 17.3 Å². The number of anilines is 1. The van der Waals surface area contributed by atoms with Crippen molar-refractivity contribution in [2.24, 2.45) is 0 Å². The average molecular weight is 301 g/mol. The fourth-order valence-electron chi connectivity index (χ4n) is 1.67. The van der Waals surface area contributed by atoms with Crippen molar-refractivity contribution >= 4 is 35.0 Å². The number of nitrogen functional groups attached to an aromatic ring is 1. The number of carbonyl (C=O) groups excluding carboxylic acids is 1. The quantitative estimate of drug-likeness (QED) is 0.622. The van der Waals surface area contributed by atoms with E-state index in [1.54, 1.807) is 18.2 Å². The predicted molar refractivity (Wildman–Crippen MR) is 83.7 cm³/mol. The molecule has 0 heterocycles. The summed E-state index contributed by atoms with van der Waals surface area (Å²) >= 11 is 7.37. The molecule has 0 saturated heterocycles. The summed E-state index contributed by atoms with van der Waals surface area (Å²) in [6, 6.07) is 5.54. The van der Waals surface area contributed by atoms with Crippen LogP contribution < -0.4 is 11.1 Å². The Balaban J connectivity index is 2.65. The summed E-state index contributed by atoms with van der Waals surface area (Å²) in [7, 11) is 0. The number of halogens is 1. The van der Waals surface area contributed by atoms with Gasteiger partial charge in [-0.05, 0) is 38.0 Å². The zero-order valence-corrected chi connectivity index (χ0v) is 13.1. The van der Waals surface area contributed by atoms with Gasteiger partial charge < -0.3 is 11.1 Å². The number of benzene rings is 1. The maximum absolute atomic E-state index is 12.1. The zero-order valence-electron chi connectivity index (χ0n) is 11.6. The second-order valence-corrected chi connectivity index (χ2v) is 6.28. The first-order valence-electron chi connectivity index (χ1n) is 6.50. The Morgan fingerprint density at radius 2 is 2.05 bits per heavy atom. The van der Waals surface area contributed by atoms with E-state index in [9.17, 15) is 4.79 Å². The summed E-state index contributed by atoms with van der Waals surface area (Å²) in [5.41, 5.74) is 6.53. The molecule has 3 nitrogen and oxygen atoms in total. The van der Waals surface area contributed by atoms with Gasteiger partial charge in [0.05, 0.1) is 5.25 Å². The molecule has 0 aliphatic heterocycles. The molecule has 5 heteroatoms. The van der Waals surface area contributed by atoms with E-state index in [0.29, 0.717) is 10.7 Å². The van der Waals surface area contributed by atoms with Crippen molar-refractivity contribution in [3.05, 3.63) is 23.2 Å². The molecule has 0 fully saturated rings. The number of hydrogen-bond donors (Lipinski definition) is 2. The number of thioether (sulfide) groups is 1. The van der Waals surface area contributed by atoms with Crippen LogP contribution in [0.1, 0.15) is 33.6 Å². The highest BCUT2D eigenvalue weighted by Crippen LogP contribution is 2.31. The van der Waals surface area contributed by atoms with E-state index in [1.165, 1.54) is 11.8 Å². The van der Waals surface area contributed by atoms with E-state index >= 15 is 0 Å². The number of nitrogens with one attached hydrogen (secondary N) is 1. The first-order chi connectivity index (χ1) is 8.97. The number of nitrogens with two attached hydrogens (primary N) is 1. The Morgan fingerprint density at radius 1 is 1.42 bits per heavy atom. The van der Waals surface area contributed by atoms with Crippen LogP contribution in [0.15, 0.2) is 23.1 Å². The molecule has 0 aliphatic rings. The first kappa shape index (κ1) is 16.2. The van der Waals surface area contributed by atoms with Crippen LogP contribution in [0, 0.1) is 0 Å². The lowest BCUT2D eigenvalue weighted by atomic mass is 10.2. The Morgan fingerprint density at radius 3 is 2.63 bits per heavy atom. The summed E-state index contributed by atoms with van der Waals surface area (Å²) in [6.07, 6.45) is 1.89. The van der Waals surface area contributed by atoms with Gasteiger partial charge in [-0.15, -0.1) is 11.8 Å². The van der Waals surface area contributed by atoms with Crippen molar-refractivity contribution in [3.63, 3.8) is 0 Å². The Kier molecular flexibility index (Phi) is 6.52. The van der Waals surface area contributed by atoms with Crippen molar-refractivity contribution < 1.29 is 4.79 Å². The number of hydrogen-bond acceptors (Lipinski definition) is 3. The van der Waals surface area contributed by atoms with Gasteiger partial charge in [-0.25, -0.2) is 0 Å². The number of rotatable bonds is 6. The van der Waals surface area contributed by atoms with E-state index in [2.05, 4.69) is 19.2 Å². The van der Waals surface area contributed by atoms with Crippen LogP contribution in [0.3, 0.4) is 0 Å². The minimum absolute atomic E-state index is 0.0399. The van der Waals surface area contributed by atoms with Crippen molar-refractivity contribution in [2.75, 3.05) is 5.73 Å². The van der Waals surface area contributed by atoms with E-state index < -0.39 is 0 Å². The van der Waals surface area contributed by atoms with E-state index in [1.807, 2.05) is 6.92 Å². The van der Waals surface area contributed by atoms with Crippen LogP contribution in [-0.4, -0.2) is 17.2 Å². The van der Waals surface area contributed by atoms with Crippen LogP contribution in [0.5, 0.6) is 0 Å². The van der Waals surface area contributed by atoms with Crippen molar-refractivity contribution in [1.29, 1.82) is 0 Å². The lowest BCUT2D eigenvalue weighted by Crippen LogP contribution is -2.38. The fourth-order valence-corrected chi connectivity index (χ4v) is 2.86. The fraction of sp³-hybridized carbons (Fsp3) is 0.500. The molecule has 1 aromatic rings. The lowest BCUT2D eigenvalue weighted by molar-refractivity contribution is -0.121. The minimum Gasteiger partial charge on any atom is -0.398 e. The van der Waals surface area contributed by atoms with Crippen LogP contribution in [0.2, 0.25) is 5.02 Å². The molecule has 0 bridgehead atoms. The van der Waals surface area contributed by atoms with Gasteiger partial charge in [0.25, 0.3) is 0 Å². The van der Waals surface area contributed by atoms with Gasteiger partial charge in [0.15, 0.2) is 0 Å². The third kappa shape index (κ3) is 4.96. The molecule has 1 amide bonds. The summed E-state index contributed by atoms with van der Waals surface area (Å²) in [5, 5.41) is 3.47. The molecular formula is C14H21ClN2OS. The van der Waals surface area contributed by atoms with E-state index in [-0.39, 0.29) is 17.2 Å². The molecule has 0 spiro atoms. The average Bonchev–Trinajstić information content (AvgIpc) is 2.39. The monoisotopic (exact) mass is 300 g/mol. The number of amides is 1. The third-order valence-corrected chi connectivity index (χ3v) is 4.39. The molecule has 1 rings (SSSR count). The molecule has 0 saturated carbocycles. The van der Waals surface area contributed by atoms with Gasteiger partial charge in [-0.1, -0.05) is 25.4 Å². The van der Waals surface area contributed by atoms with Gasteiger partial charge in [-0.2, -0.15) is 0 Å². The van der Waals surface area contributed by atoms with Crippen LogP contribution in [0.4, 0.5) is 5.69 Å². The van der Waals surface area contributed by atoms with Gasteiger partial charge in [0, 0.05) is 21.6 Å². The highest BCUT2D eigenvalue weighted by atomic mass is 35.5. The number of carbonyl (C=O) groups is 1. The molecule has 3 N–H and O–H groups in total. The van der Waals surface area contributed by atoms with Crippen molar-refractivity contribution in [3.8, 4) is 0 Å². The summed E-state index contributed by atoms with van der Waals surface area (Å²) < 4.78 is 0. The van der Waals surface area contributed by atoms with Crippen LogP contribution in [0.25, 0.3) is 0 Å². The second kappa shape index (κ2) is 7.65. The van der Waals surface area contributed by atoms with Gasteiger partial charge in [-0.3, -0.25) is 4.79 Å². The summed E-state index contributed by atoms with van der Waals surface area (Å²) in [4.78, 5) is 12.9. The molecule has 0 aromatic heterocycles. The minimum atomic E-state index is -0.193.